The maximum atomic E-state index is 10.3. The van der Waals surface area contributed by atoms with Crippen LogP contribution >= 0.6 is 0 Å². The van der Waals surface area contributed by atoms with Gasteiger partial charge in [-0.05, 0) is 12.0 Å². The van der Waals surface area contributed by atoms with E-state index >= 15 is 0 Å². The molecule has 0 unspecified atom stereocenters. The van der Waals surface area contributed by atoms with Crippen LogP contribution in [-0.2, 0) is 21.0 Å². The van der Waals surface area contributed by atoms with Gasteiger partial charge >= 0.3 is 10.3 Å². The normalized spacial score (nSPS) is 11.5. The molecule has 1 aromatic carbocycles. The Balaban J connectivity index is 2.23. The highest BCUT2D eigenvalue weighted by Gasteiger charge is 2.00. The van der Waals surface area contributed by atoms with Gasteiger partial charge in [-0.15, -0.1) is 0 Å². The molecule has 1 aromatic rings. The Morgan fingerprint density at radius 1 is 1.29 bits per heavy atom. The van der Waals surface area contributed by atoms with Gasteiger partial charge in [0.15, 0.2) is 0 Å². The quantitative estimate of drug-likeness (QED) is 0.534. The first-order chi connectivity index (χ1) is 6.58. The Morgan fingerprint density at radius 2 is 1.93 bits per heavy atom. The SMILES string of the molecule is NS(=O)(=O)ONCCc1ccccc1. The van der Waals surface area contributed by atoms with Crippen LogP contribution in [0.1, 0.15) is 5.56 Å². The second kappa shape index (κ2) is 5.06. The summed E-state index contributed by atoms with van der Waals surface area (Å²) in [6.07, 6.45) is 0.677. The number of nitrogens with two attached hydrogens (primary N) is 1. The highest BCUT2D eigenvalue weighted by atomic mass is 32.2. The Hall–Kier alpha value is -0.950. The molecular weight excluding hydrogens is 204 g/mol. The van der Waals surface area contributed by atoms with Gasteiger partial charge < -0.3 is 0 Å². The fraction of sp³-hybridized carbons (Fsp3) is 0.250. The molecule has 0 heterocycles. The molecule has 78 valence electrons. The molecular formula is C8H12N2O3S. The van der Waals surface area contributed by atoms with Crippen molar-refractivity contribution in [2.24, 2.45) is 5.14 Å². The Morgan fingerprint density at radius 3 is 2.50 bits per heavy atom. The van der Waals surface area contributed by atoms with E-state index in [-0.39, 0.29) is 0 Å². The standard InChI is InChI=1S/C8H12N2O3S/c9-14(11,12)13-10-7-6-8-4-2-1-3-5-8/h1-5,10H,6-7H2,(H2,9,11,12). The van der Waals surface area contributed by atoms with Crippen LogP contribution in [0.3, 0.4) is 0 Å². The molecule has 0 aromatic heterocycles. The van der Waals surface area contributed by atoms with Crippen molar-refractivity contribution in [3.8, 4) is 0 Å². The maximum absolute atomic E-state index is 10.3. The van der Waals surface area contributed by atoms with E-state index in [2.05, 4.69) is 14.9 Å². The minimum atomic E-state index is -3.89. The summed E-state index contributed by atoms with van der Waals surface area (Å²) in [5, 5.41) is 4.60. The van der Waals surface area contributed by atoms with Gasteiger partial charge in [0.1, 0.15) is 0 Å². The molecule has 0 aliphatic heterocycles. The van der Waals surface area contributed by atoms with Gasteiger partial charge in [-0.3, -0.25) is 0 Å². The largest absolute Gasteiger partial charge is 0.349 e. The molecule has 0 amide bonds. The molecule has 0 aliphatic rings. The lowest BCUT2D eigenvalue weighted by atomic mass is 10.2. The molecule has 1 rings (SSSR count). The van der Waals surface area contributed by atoms with Crippen molar-refractivity contribution in [2.45, 2.75) is 6.42 Å². The highest BCUT2D eigenvalue weighted by Crippen LogP contribution is 1.97. The van der Waals surface area contributed by atoms with Crippen LogP contribution in [-0.4, -0.2) is 15.0 Å². The maximum Gasteiger partial charge on any atom is 0.349 e. The lowest BCUT2D eigenvalue weighted by Gasteiger charge is -2.02. The lowest BCUT2D eigenvalue weighted by molar-refractivity contribution is 0.206. The van der Waals surface area contributed by atoms with Gasteiger partial charge in [-0.25, -0.2) is 5.14 Å². The number of hydrogen-bond donors (Lipinski definition) is 2. The van der Waals surface area contributed by atoms with Gasteiger partial charge in [0, 0.05) is 6.54 Å². The Kier molecular flexibility index (Phi) is 4.02. The van der Waals surface area contributed by atoms with E-state index in [1.165, 1.54) is 0 Å². The third-order valence-corrected chi connectivity index (χ3v) is 1.88. The molecule has 0 saturated heterocycles. The van der Waals surface area contributed by atoms with Gasteiger partial charge in [0.05, 0.1) is 0 Å². The van der Waals surface area contributed by atoms with Crippen molar-refractivity contribution < 1.29 is 12.7 Å². The van der Waals surface area contributed by atoms with E-state index in [0.717, 1.165) is 5.56 Å². The minimum absolute atomic E-state index is 0.389. The van der Waals surface area contributed by atoms with Crippen molar-refractivity contribution in [3.05, 3.63) is 35.9 Å². The summed E-state index contributed by atoms with van der Waals surface area (Å²) in [5.41, 5.74) is 3.36. The fourth-order valence-electron chi connectivity index (χ4n) is 0.964. The predicted octanol–water partition coefficient (Wildman–Crippen LogP) is -0.0462. The van der Waals surface area contributed by atoms with E-state index in [0.29, 0.717) is 13.0 Å². The number of hydrogen-bond acceptors (Lipinski definition) is 4. The first-order valence-electron chi connectivity index (χ1n) is 4.06. The van der Waals surface area contributed by atoms with Crippen LogP contribution in [0.5, 0.6) is 0 Å². The average Bonchev–Trinajstić information content (AvgIpc) is 2.13. The Labute approximate surface area is 83.1 Å². The molecule has 14 heavy (non-hydrogen) atoms. The second-order valence-electron chi connectivity index (χ2n) is 2.71. The lowest BCUT2D eigenvalue weighted by Crippen LogP contribution is -2.27. The number of benzene rings is 1. The van der Waals surface area contributed by atoms with Crippen molar-refractivity contribution >= 4 is 10.3 Å². The van der Waals surface area contributed by atoms with Crippen LogP contribution in [0.4, 0.5) is 0 Å². The summed E-state index contributed by atoms with van der Waals surface area (Å²) in [5.74, 6) is 0. The zero-order valence-corrected chi connectivity index (χ0v) is 8.33. The molecule has 5 nitrogen and oxygen atoms in total. The first-order valence-corrected chi connectivity index (χ1v) is 5.53. The average molecular weight is 216 g/mol. The molecule has 0 saturated carbocycles. The zero-order valence-electron chi connectivity index (χ0n) is 7.51. The third-order valence-electron chi connectivity index (χ3n) is 1.53. The predicted molar refractivity (Wildman–Crippen MR) is 52.3 cm³/mol. The van der Waals surface area contributed by atoms with Crippen LogP contribution in [0.25, 0.3) is 0 Å². The summed E-state index contributed by atoms with van der Waals surface area (Å²) < 4.78 is 24.8. The van der Waals surface area contributed by atoms with E-state index in [1.807, 2.05) is 30.3 Å². The van der Waals surface area contributed by atoms with E-state index in [1.54, 1.807) is 0 Å². The fourth-order valence-corrected chi connectivity index (χ4v) is 1.21. The van der Waals surface area contributed by atoms with Crippen molar-refractivity contribution in [3.63, 3.8) is 0 Å². The van der Waals surface area contributed by atoms with Gasteiger partial charge in [-0.2, -0.15) is 18.2 Å². The Bertz CT molecular complexity index is 363. The van der Waals surface area contributed by atoms with E-state index < -0.39 is 10.3 Å². The summed E-state index contributed by atoms with van der Waals surface area (Å²) >= 11 is 0. The molecule has 0 spiro atoms. The second-order valence-corrected chi connectivity index (χ2v) is 3.86. The number of rotatable bonds is 5. The summed E-state index contributed by atoms with van der Waals surface area (Å²) in [4.78, 5) is 0. The smallest absolute Gasteiger partial charge is 0.204 e. The van der Waals surface area contributed by atoms with E-state index in [4.69, 9.17) is 0 Å². The molecule has 0 aliphatic carbocycles. The molecule has 0 atom stereocenters. The van der Waals surface area contributed by atoms with Gasteiger partial charge in [-0.1, -0.05) is 30.3 Å². The molecule has 3 N–H and O–H groups in total. The minimum Gasteiger partial charge on any atom is -0.204 e. The summed E-state index contributed by atoms with van der Waals surface area (Å²) in [6, 6.07) is 9.63. The van der Waals surface area contributed by atoms with Gasteiger partial charge in [0.2, 0.25) is 0 Å². The first kappa shape index (κ1) is 11.1. The van der Waals surface area contributed by atoms with E-state index in [9.17, 15) is 8.42 Å². The molecule has 0 fully saturated rings. The van der Waals surface area contributed by atoms with Gasteiger partial charge in [0.25, 0.3) is 0 Å². The number of hydroxylamine groups is 1. The summed E-state index contributed by atoms with van der Waals surface area (Å²) in [6.45, 7) is 0.389. The third kappa shape index (κ3) is 4.93. The highest BCUT2D eigenvalue weighted by molar-refractivity contribution is 7.84. The zero-order chi connectivity index (χ0) is 10.4. The van der Waals surface area contributed by atoms with Crippen LogP contribution in [0, 0.1) is 0 Å². The monoisotopic (exact) mass is 216 g/mol. The van der Waals surface area contributed by atoms with Crippen molar-refractivity contribution in [1.82, 2.24) is 5.48 Å². The van der Waals surface area contributed by atoms with Crippen molar-refractivity contribution in [1.29, 1.82) is 0 Å². The topological polar surface area (TPSA) is 81.4 Å². The number of nitrogens with one attached hydrogen (secondary N) is 1. The van der Waals surface area contributed by atoms with Crippen LogP contribution in [0.2, 0.25) is 0 Å². The van der Waals surface area contributed by atoms with Crippen LogP contribution < -0.4 is 10.6 Å². The summed E-state index contributed by atoms with van der Waals surface area (Å²) in [7, 11) is -3.89. The van der Waals surface area contributed by atoms with Crippen molar-refractivity contribution in [2.75, 3.05) is 6.54 Å². The molecule has 0 bridgehead atoms. The van der Waals surface area contributed by atoms with Crippen LogP contribution in [0.15, 0.2) is 30.3 Å². The molecule has 0 radical (unpaired) electrons. The molecule has 6 heteroatoms.